The van der Waals surface area contributed by atoms with E-state index in [4.69, 9.17) is 0 Å². The molecule has 0 fully saturated rings. The van der Waals surface area contributed by atoms with Crippen LogP contribution in [0.15, 0.2) is 36.5 Å². The van der Waals surface area contributed by atoms with Crippen molar-refractivity contribution in [3.05, 3.63) is 53.3 Å². The van der Waals surface area contributed by atoms with Crippen molar-refractivity contribution in [3.63, 3.8) is 0 Å². The van der Waals surface area contributed by atoms with Gasteiger partial charge in [0.05, 0.1) is 5.69 Å². The molecule has 0 spiro atoms. The molecular formula is C15H16N2O2. The van der Waals surface area contributed by atoms with Crippen molar-refractivity contribution in [2.75, 3.05) is 5.32 Å². The SMILES string of the molecule is Cc1ccc(NC(=O)C(=O)c2cccn2C)c(C)c1. The zero-order chi connectivity index (χ0) is 14.0. The van der Waals surface area contributed by atoms with Crippen LogP contribution in [0.5, 0.6) is 0 Å². The monoisotopic (exact) mass is 256 g/mol. The Hall–Kier alpha value is -2.36. The van der Waals surface area contributed by atoms with Crippen molar-refractivity contribution in [2.24, 2.45) is 7.05 Å². The molecule has 0 saturated heterocycles. The van der Waals surface area contributed by atoms with Gasteiger partial charge in [0.25, 0.3) is 11.7 Å². The number of hydrogen-bond donors (Lipinski definition) is 1. The van der Waals surface area contributed by atoms with Crippen LogP contribution in [0.4, 0.5) is 5.69 Å². The molecule has 1 aromatic heterocycles. The van der Waals surface area contributed by atoms with Gasteiger partial charge in [0, 0.05) is 18.9 Å². The summed E-state index contributed by atoms with van der Waals surface area (Å²) in [5.41, 5.74) is 3.10. The third-order valence-electron chi connectivity index (χ3n) is 3.01. The molecule has 0 radical (unpaired) electrons. The minimum absolute atomic E-state index is 0.377. The summed E-state index contributed by atoms with van der Waals surface area (Å²) >= 11 is 0. The predicted molar refractivity (Wildman–Crippen MR) is 74.3 cm³/mol. The van der Waals surface area contributed by atoms with Gasteiger partial charge in [0.15, 0.2) is 0 Å². The highest BCUT2D eigenvalue weighted by atomic mass is 16.2. The number of hydrogen-bond acceptors (Lipinski definition) is 2. The summed E-state index contributed by atoms with van der Waals surface area (Å²) in [6.45, 7) is 3.88. The minimum Gasteiger partial charge on any atom is -0.348 e. The van der Waals surface area contributed by atoms with Crippen molar-refractivity contribution in [2.45, 2.75) is 13.8 Å². The van der Waals surface area contributed by atoms with Gasteiger partial charge < -0.3 is 9.88 Å². The Labute approximate surface area is 112 Å². The summed E-state index contributed by atoms with van der Waals surface area (Å²) in [5, 5.41) is 2.65. The van der Waals surface area contributed by atoms with Crippen LogP contribution in [-0.4, -0.2) is 16.3 Å². The molecule has 4 nitrogen and oxygen atoms in total. The molecule has 19 heavy (non-hydrogen) atoms. The zero-order valence-corrected chi connectivity index (χ0v) is 11.2. The first-order valence-electron chi connectivity index (χ1n) is 6.03. The lowest BCUT2D eigenvalue weighted by Gasteiger charge is -2.08. The molecule has 0 atom stereocenters. The summed E-state index contributed by atoms with van der Waals surface area (Å²) in [7, 11) is 1.73. The highest BCUT2D eigenvalue weighted by molar-refractivity contribution is 6.46. The third-order valence-corrected chi connectivity index (χ3v) is 3.01. The van der Waals surface area contributed by atoms with E-state index in [2.05, 4.69) is 5.32 Å². The highest BCUT2D eigenvalue weighted by Gasteiger charge is 2.19. The number of rotatable bonds is 3. The van der Waals surface area contributed by atoms with Crippen LogP contribution in [0.2, 0.25) is 0 Å². The minimum atomic E-state index is -0.617. The smallest absolute Gasteiger partial charge is 0.298 e. The molecule has 0 saturated carbocycles. The van der Waals surface area contributed by atoms with Crippen molar-refractivity contribution in [1.29, 1.82) is 0 Å². The van der Waals surface area contributed by atoms with Gasteiger partial charge in [-0.1, -0.05) is 17.7 Å². The largest absolute Gasteiger partial charge is 0.348 e. The number of Topliss-reactive ketones (excluding diaryl/α,β-unsaturated/α-hetero) is 1. The molecule has 0 bridgehead atoms. The van der Waals surface area contributed by atoms with Crippen molar-refractivity contribution >= 4 is 17.4 Å². The summed E-state index contributed by atoms with van der Waals surface area (Å²) < 4.78 is 1.63. The quantitative estimate of drug-likeness (QED) is 0.677. The number of carbonyl (C=O) groups is 2. The van der Waals surface area contributed by atoms with Crippen LogP contribution in [0, 0.1) is 13.8 Å². The van der Waals surface area contributed by atoms with E-state index in [1.165, 1.54) is 0 Å². The fourth-order valence-electron chi connectivity index (χ4n) is 1.95. The van der Waals surface area contributed by atoms with Crippen LogP contribution in [0.1, 0.15) is 21.6 Å². The number of anilines is 1. The number of aryl methyl sites for hydroxylation is 3. The fourth-order valence-corrected chi connectivity index (χ4v) is 1.95. The van der Waals surface area contributed by atoms with Gasteiger partial charge in [0.2, 0.25) is 0 Å². The van der Waals surface area contributed by atoms with Gasteiger partial charge in [-0.15, -0.1) is 0 Å². The van der Waals surface area contributed by atoms with E-state index in [0.717, 1.165) is 11.1 Å². The second-order valence-electron chi connectivity index (χ2n) is 4.61. The van der Waals surface area contributed by atoms with Crippen molar-refractivity contribution in [1.82, 2.24) is 4.57 Å². The van der Waals surface area contributed by atoms with Gasteiger partial charge in [-0.05, 0) is 37.6 Å². The molecule has 1 heterocycles. The number of aromatic nitrogens is 1. The Bertz CT molecular complexity index is 641. The molecule has 98 valence electrons. The van der Waals surface area contributed by atoms with E-state index in [-0.39, 0.29) is 0 Å². The number of carbonyl (C=O) groups excluding carboxylic acids is 2. The number of nitrogens with one attached hydrogen (secondary N) is 1. The summed E-state index contributed by atoms with van der Waals surface area (Å²) in [6, 6.07) is 9.03. The van der Waals surface area contributed by atoms with E-state index in [1.54, 1.807) is 36.0 Å². The molecule has 2 aromatic rings. The molecule has 0 unspecified atom stereocenters. The van der Waals surface area contributed by atoms with Crippen LogP contribution < -0.4 is 5.32 Å². The Balaban J connectivity index is 2.18. The number of benzene rings is 1. The fraction of sp³-hybridized carbons (Fsp3) is 0.200. The first kappa shape index (κ1) is 13.1. The lowest BCUT2D eigenvalue weighted by atomic mass is 10.1. The lowest BCUT2D eigenvalue weighted by molar-refractivity contribution is -0.112. The average Bonchev–Trinajstić information content (AvgIpc) is 2.78. The van der Waals surface area contributed by atoms with Crippen LogP contribution in [0.25, 0.3) is 0 Å². The highest BCUT2D eigenvalue weighted by Crippen LogP contribution is 2.16. The Kier molecular flexibility index (Phi) is 3.51. The first-order valence-corrected chi connectivity index (χ1v) is 6.03. The summed E-state index contributed by atoms with van der Waals surface area (Å²) in [5.74, 6) is -1.15. The summed E-state index contributed by atoms with van der Waals surface area (Å²) in [4.78, 5) is 23.9. The van der Waals surface area contributed by atoms with Crippen LogP contribution >= 0.6 is 0 Å². The maximum atomic E-state index is 12.0. The van der Waals surface area contributed by atoms with Gasteiger partial charge in [0.1, 0.15) is 0 Å². The molecular weight excluding hydrogens is 240 g/mol. The molecule has 1 aromatic carbocycles. The predicted octanol–water partition coefficient (Wildman–Crippen LogP) is 2.46. The summed E-state index contributed by atoms with van der Waals surface area (Å²) in [6.07, 6.45) is 1.73. The van der Waals surface area contributed by atoms with E-state index in [0.29, 0.717) is 11.4 Å². The van der Waals surface area contributed by atoms with E-state index >= 15 is 0 Å². The molecule has 0 aliphatic rings. The average molecular weight is 256 g/mol. The van der Waals surface area contributed by atoms with E-state index < -0.39 is 11.7 Å². The van der Waals surface area contributed by atoms with E-state index in [1.807, 2.05) is 26.0 Å². The standard InChI is InChI=1S/C15H16N2O2/c1-10-6-7-12(11(2)9-10)16-15(19)14(18)13-5-4-8-17(13)3/h4-9H,1-3H3,(H,16,19). The molecule has 0 aliphatic heterocycles. The van der Waals surface area contributed by atoms with Crippen molar-refractivity contribution in [3.8, 4) is 0 Å². The maximum Gasteiger partial charge on any atom is 0.298 e. The maximum absolute atomic E-state index is 12.0. The number of amides is 1. The third kappa shape index (κ3) is 2.73. The molecule has 0 aliphatic carbocycles. The molecule has 4 heteroatoms. The molecule has 2 rings (SSSR count). The normalized spacial score (nSPS) is 10.3. The second-order valence-corrected chi connectivity index (χ2v) is 4.61. The molecule has 1 N–H and O–H groups in total. The van der Waals surface area contributed by atoms with Crippen LogP contribution in [-0.2, 0) is 11.8 Å². The molecule has 1 amide bonds. The zero-order valence-electron chi connectivity index (χ0n) is 11.2. The van der Waals surface area contributed by atoms with Gasteiger partial charge in [-0.3, -0.25) is 9.59 Å². The lowest BCUT2D eigenvalue weighted by Crippen LogP contribution is -2.25. The topological polar surface area (TPSA) is 51.1 Å². The number of nitrogens with zero attached hydrogens (tertiary/aromatic N) is 1. The van der Waals surface area contributed by atoms with Crippen LogP contribution in [0.3, 0.4) is 0 Å². The Morgan fingerprint density at radius 1 is 1.16 bits per heavy atom. The van der Waals surface area contributed by atoms with Gasteiger partial charge >= 0.3 is 0 Å². The Morgan fingerprint density at radius 3 is 2.47 bits per heavy atom. The Morgan fingerprint density at radius 2 is 1.89 bits per heavy atom. The van der Waals surface area contributed by atoms with Gasteiger partial charge in [-0.25, -0.2) is 0 Å². The van der Waals surface area contributed by atoms with E-state index in [9.17, 15) is 9.59 Å². The first-order chi connectivity index (χ1) is 8.99. The van der Waals surface area contributed by atoms with Crippen molar-refractivity contribution < 1.29 is 9.59 Å². The van der Waals surface area contributed by atoms with Gasteiger partial charge in [-0.2, -0.15) is 0 Å². The number of ketones is 1. The second kappa shape index (κ2) is 5.10.